The predicted molar refractivity (Wildman–Crippen MR) is 80.2 cm³/mol. The summed E-state index contributed by atoms with van der Waals surface area (Å²) in [4.78, 5) is 4.59. The lowest BCUT2D eigenvalue weighted by Gasteiger charge is -2.09. The molecule has 0 aliphatic rings. The van der Waals surface area contributed by atoms with E-state index in [1.807, 2.05) is 35.8 Å². The second-order valence-electron chi connectivity index (χ2n) is 4.75. The molecule has 0 bridgehead atoms. The maximum absolute atomic E-state index is 14.1. The largest absolute Gasteiger partial charge is 0.293 e. The van der Waals surface area contributed by atoms with E-state index in [4.69, 9.17) is 11.6 Å². The number of rotatable bonds is 3. The van der Waals surface area contributed by atoms with E-state index >= 15 is 0 Å². The molecule has 0 aliphatic carbocycles. The highest BCUT2D eigenvalue weighted by Crippen LogP contribution is 2.24. The monoisotopic (exact) mass is 288 g/mol. The zero-order chi connectivity index (χ0) is 14.1. The molecule has 3 rings (SSSR count). The first-order chi connectivity index (χ1) is 9.70. The van der Waals surface area contributed by atoms with Gasteiger partial charge in [-0.05, 0) is 36.8 Å². The summed E-state index contributed by atoms with van der Waals surface area (Å²) in [5.74, 6) is 0.977. The number of hydrogen-bond acceptors (Lipinski definition) is 1. The van der Waals surface area contributed by atoms with E-state index in [-0.39, 0.29) is 5.82 Å². The Balaban J connectivity index is 2.32. The van der Waals surface area contributed by atoms with Crippen molar-refractivity contribution in [2.75, 3.05) is 5.88 Å². The molecule has 0 atom stereocenters. The lowest BCUT2D eigenvalue weighted by Crippen LogP contribution is -2.04. The number of imidazole rings is 1. The molecule has 20 heavy (non-hydrogen) atoms. The van der Waals surface area contributed by atoms with Crippen molar-refractivity contribution in [1.82, 2.24) is 9.55 Å². The quantitative estimate of drug-likeness (QED) is 0.659. The van der Waals surface area contributed by atoms with Gasteiger partial charge >= 0.3 is 0 Å². The molecule has 0 radical (unpaired) electrons. The number of fused-ring (bicyclic) bond motifs is 1. The highest BCUT2D eigenvalue weighted by molar-refractivity contribution is 6.17. The number of hydrogen-bond donors (Lipinski definition) is 0. The number of aromatic nitrogens is 2. The standard InChI is InChI=1S/C16H14ClFN2/c1-11-6-7-15-13(10-11)19-16(8-9-17)20(15)14-5-3-2-4-12(14)18/h2-7,10H,8-9H2,1H3. The summed E-state index contributed by atoms with van der Waals surface area (Å²) in [7, 11) is 0. The Kier molecular flexibility index (Phi) is 3.45. The van der Waals surface area contributed by atoms with Gasteiger partial charge in [0.15, 0.2) is 0 Å². The molecular weight excluding hydrogens is 275 g/mol. The number of benzene rings is 2. The summed E-state index contributed by atoms with van der Waals surface area (Å²) in [5.41, 5.74) is 3.42. The van der Waals surface area contributed by atoms with Crippen LogP contribution in [0, 0.1) is 12.7 Å². The second kappa shape index (κ2) is 5.25. The topological polar surface area (TPSA) is 17.8 Å². The van der Waals surface area contributed by atoms with E-state index in [1.165, 1.54) is 6.07 Å². The Morgan fingerprint density at radius 2 is 2.00 bits per heavy atom. The van der Waals surface area contributed by atoms with Crippen molar-refractivity contribution in [2.24, 2.45) is 0 Å². The normalized spacial score (nSPS) is 11.2. The number of halogens is 2. The average Bonchev–Trinajstić information content (AvgIpc) is 2.77. The van der Waals surface area contributed by atoms with E-state index in [0.29, 0.717) is 18.0 Å². The lowest BCUT2D eigenvalue weighted by atomic mass is 10.2. The van der Waals surface area contributed by atoms with Gasteiger partial charge in [0.05, 0.1) is 16.7 Å². The Morgan fingerprint density at radius 3 is 2.75 bits per heavy atom. The summed E-state index contributed by atoms with van der Waals surface area (Å²) in [6.45, 7) is 2.02. The number of aryl methyl sites for hydroxylation is 2. The third-order valence-corrected chi connectivity index (χ3v) is 3.48. The third-order valence-electron chi connectivity index (χ3n) is 3.29. The molecule has 0 amide bonds. The van der Waals surface area contributed by atoms with Gasteiger partial charge in [0.1, 0.15) is 11.6 Å². The van der Waals surface area contributed by atoms with Crippen molar-refractivity contribution < 1.29 is 4.39 Å². The van der Waals surface area contributed by atoms with Crippen molar-refractivity contribution in [3.63, 3.8) is 0 Å². The van der Waals surface area contributed by atoms with Gasteiger partial charge in [-0.2, -0.15) is 0 Å². The van der Waals surface area contributed by atoms with E-state index in [9.17, 15) is 4.39 Å². The van der Waals surface area contributed by atoms with Crippen molar-refractivity contribution >= 4 is 22.6 Å². The minimum Gasteiger partial charge on any atom is -0.293 e. The van der Waals surface area contributed by atoms with Crippen LogP contribution in [0.1, 0.15) is 11.4 Å². The minimum atomic E-state index is -0.261. The van der Waals surface area contributed by atoms with Gasteiger partial charge in [0.2, 0.25) is 0 Å². The molecule has 0 saturated carbocycles. The zero-order valence-corrected chi connectivity index (χ0v) is 11.9. The van der Waals surface area contributed by atoms with E-state index < -0.39 is 0 Å². The van der Waals surface area contributed by atoms with Crippen LogP contribution in [0.5, 0.6) is 0 Å². The smallest absolute Gasteiger partial charge is 0.147 e. The summed E-state index contributed by atoms with van der Waals surface area (Å²) in [6.07, 6.45) is 0.601. The van der Waals surface area contributed by atoms with E-state index in [2.05, 4.69) is 4.98 Å². The van der Waals surface area contributed by atoms with Gasteiger partial charge in [0, 0.05) is 12.3 Å². The van der Waals surface area contributed by atoms with Crippen LogP contribution in [0.2, 0.25) is 0 Å². The number of nitrogens with zero attached hydrogens (tertiary/aromatic N) is 2. The maximum Gasteiger partial charge on any atom is 0.147 e. The third kappa shape index (κ3) is 2.18. The van der Waals surface area contributed by atoms with Crippen LogP contribution in [-0.4, -0.2) is 15.4 Å². The van der Waals surface area contributed by atoms with Gasteiger partial charge in [0.25, 0.3) is 0 Å². The lowest BCUT2D eigenvalue weighted by molar-refractivity contribution is 0.617. The van der Waals surface area contributed by atoms with Gasteiger partial charge < -0.3 is 0 Å². The van der Waals surface area contributed by atoms with Crippen LogP contribution in [-0.2, 0) is 6.42 Å². The average molecular weight is 289 g/mol. The second-order valence-corrected chi connectivity index (χ2v) is 5.12. The molecule has 0 spiro atoms. The Labute approximate surface area is 121 Å². The Morgan fingerprint density at radius 1 is 1.20 bits per heavy atom. The molecule has 4 heteroatoms. The molecule has 0 fully saturated rings. The minimum absolute atomic E-state index is 0.261. The highest BCUT2D eigenvalue weighted by atomic mass is 35.5. The molecule has 1 heterocycles. The van der Waals surface area contributed by atoms with E-state index in [1.54, 1.807) is 12.1 Å². The SMILES string of the molecule is Cc1ccc2c(c1)nc(CCCl)n2-c1ccccc1F. The zero-order valence-electron chi connectivity index (χ0n) is 11.1. The maximum atomic E-state index is 14.1. The highest BCUT2D eigenvalue weighted by Gasteiger charge is 2.14. The first-order valence-electron chi connectivity index (χ1n) is 6.49. The molecule has 1 aromatic heterocycles. The van der Waals surface area contributed by atoms with Crippen molar-refractivity contribution in [3.05, 3.63) is 59.7 Å². The molecule has 2 aromatic carbocycles. The first kappa shape index (κ1) is 13.1. The van der Waals surface area contributed by atoms with Crippen LogP contribution in [0.4, 0.5) is 4.39 Å². The number of alkyl halides is 1. The van der Waals surface area contributed by atoms with Crippen LogP contribution < -0.4 is 0 Å². The fourth-order valence-corrected chi connectivity index (χ4v) is 2.56. The molecule has 0 N–H and O–H groups in total. The summed E-state index contributed by atoms with van der Waals surface area (Å²) >= 11 is 5.85. The summed E-state index contributed by atoms with van der Waals surface area (Å²) < 4.78 is 16.0. The van der Waals surface area contributed by atoms with Gasteiger partial charge in [-0.3, -0.25) is 4.57 Å². The fraction of sp³-hybridized carbons (Fsp3) is 0.188. The fourth-order valence-electron chi connectivity index (χ4n) is 2.39. The molecule has 3 aromatic rings. The van der Waals surface area contributed by atoms with Crippen LogP contribution in [0.15, 0.2) is 42.5 Å². The first-order valence-corrected chi connectivity index (χ1v) is 7.03. The Bertz CT molecular complexity index is 764. The van der Waals surface area contributed by atoms with Crippen molar-refractivity contribution in [2.45, 2.75) is 13.3 Å². The summed E-state index contributed by atoms with van der Waals surface area (Å²) in [6, 6.07) is 12.7. The Hall–Kier alpha value is -1.87. The van der Waals surface area contributed by atoms with Crippen molar-refractivity contribution in [3.8, 4) is 5.69 Å². The van der Waals surface area contributed by atoms with Gasteiger partial charge in [-0.25, -0.2) is 9.37 Å². The number of para-hydroxylation sites is 1. The van der Waals surface area contributed by atoms with Crippen LogP contribution in [0.3, 0.4) is 0 Å². The van der Waals surface area contributed by atoms with Crippen molar-refractivity contribution in [1.29, 1.82) is 0 Å². The van der Waals surface area contributed by atoms with Crippen LogP contribution >= 0.6 is 11.6 Å². The van der Waals surface area contributed by atoms with Gasteiger partial charge in [-0.1, -0.05) is 18.2 Å². The molecule has 0 aliphatic heterocycles. The van der Waals surface area contributed by atoms with Gasteiger partial charge in [-0.15, -0.1) is 11.6 Å². The molecule has 0 unspecified atom stereocenters. The predicted octanol–water partition coefficient (Wildman–Crippen LogP) is 4.25. The van der Waals surface area contributed by atoms with Crippen LogP contribution in [0.25, 0.3) is 16.7 Å². The molecule has 0 saturated heterocycles. The molecular formula is C16H14ClFN2. The molecule has 2 nitrogen and oxygen atoms in total. The molecule has 102 valence electrons. The summed E-state index contributed by atoms with van der Waals surface area (Å²) in [5, 5.41) is 0. The van der Waals surface area contributed by atoms with E-state index in [0.717, 1.165) is 22.4 Å².